The van der Waals surface area contributed by atoms with Gasteiger partial charge in [-0.3, -0.25) is 0 Å². The average molecular weight is 178 g/mol. The summed E-state index contributed by atoms with van der Waals surface area (Å²) in [5.74, 6) is 0. The van der Waals surface area contributed by atoms with E-state index in [1.165, 1.54) is 11.1 Å². The van der Waals surface area contributed by atoms with E-state index in [0.717, 1.165) is 0 Å². The molecule has 0 heterocycles. The van der Waals surface area contributed by atoms with Crippen molar-refractivity contribution in [1.82, 2.24) is 0 Å². The van der Waals surface area contributed by atoms with Crippen molar-refractivity contribution >= 4 is 14.6 Å². The summed E-state index contributed by atoms with van der Waals surface area (Å²) in [6.45, 7) is 3.93. The zero-order valence-corrected chi connectivity index (χ0v) is 8.64. The van der Waals surface area contributed by atoms with Crippen LogP contribution >= 0.6 is 0 Å². The molecule has 1 atom stereocenters. The van der Waals surface area contributed by atoms with Gasteiger partial charge in [0, 0.05) is 0 Å². The molecule has 0 saturated carbocycles. The minimum atomic E-state index is -1.56. The molecular formula is C10H14OSi. The van der Waals surface area contributed by atoms with Crippen LogP contribution in [0.3, 0.4) is 0 Å². The molecule has 1 unspecified atom stereocenters. The van der Waals surface area contributed by atoms with Gasteiger partial charge in [-0.05, 0) is 24.6 Å². The molecule has 1 aromatic rings. The van der Waals surface area contributed by atoms with Crippen molar-refractivity contribution in [2.75, 3.05) is 0 Å². The molecule has 0 amide bonds. The van der Waals surface area contributed by atoms with E-state index in [1.54, 1.807) is 0 Å². The predicted molar refractivity (Wildman–Crippen MR) is 55.3 cm³/mol. The Morgan fingerprint density at radius 2 is 1.92 bits per heavy atom. The van der Waals surface area contributed by atoms with E-state index in [1.807, 2.05) is 37.4 Å². The zero-order valence-electron chi connectivity index (χ0n) is 7.49. The fourth-order valence-electron chi connectivity index (χ4n) is 1.16. The second-order valence-corrected chi connectivity index (χ2v) is 4.77. The van der Waals surface area contributed by atoms with Gasteiger partial charge in [0.2, 0.25) is 0 Å². The first-order valence-electron chi connectivity index (χ1n) is 4.12. The first-order chi connectivity index (χ1) is 5.70. The second-order valence-electron chi connectivity index (χ2n) is 2.96. The van der Waals surface area contributed by atoms with Crippen molar-refractivity contribution in [2.45, 2.75) is 13.5 Å². The van der Waals surface area contributed by atoms with Gasteiger partial charge in [-0.25, -0.2) is 0 Å². The van der Waals surface area contributed by atoms with Crippen molar-refractivity contribution in [3.05, 3.63) is 41.6 Å². The lowest BCUT2D eigenvalue weighted by molar-refractivity contribution is 0.593. The Labute approximate surface area is 75.1 Å². The molecule has 1 N–H and O–H groups in total. The molecule has 0 saturated heterocycles. The monoisotopic (exact) mass is 178 g/mol. The van der Waals surface area contributed by atoms with Crippen molar-refractivity contribution in [3.8, 4) is 0 Å². The summed E-state index contributed by atoms with van der Waals surface area (Å²) in [6, 6.07) is 10.1. The Bertz CT molecular complexity index is 264. The van der Waals surface area contributed by atoms with Gasteiger partial charge in [0.05, 0.1) is 0 Å². The minimum absolute atomic E-state index is 1.18. The third-order valence-electron chi connectivity index (χ3n) is 1.72. The van der Waals surface area contributed by atoms with Crippen LogP contribution in [-0.4, -0.2) is 13.8 Å². The van der Waals surface area contributed by atoms with E-state index in [-0.39, 0.29) is 0 Å². The summed E-state index contributed by atoms with van der Waals surface area (Å²) in [5.41, 5.74) is 4.36. The Morgan fingerprint density at radius 1 is 1.33 bits per heavy atom. The SMILES string of the molecule is C/C(=C\[SiH](C)O)c1ccccc1. The molecule has 0 aliphatic heterocycles. The summed E-state index contributed by atoms with van der Waals surface area (Å²) >= 11 is 0. The topological polar surface area (TPSA) is 20.2 Å². The highest BCUT2D eigenvalue weighted by Crippen LogP contribution is 2.12. The maximum atomic E-state index is 9.25. The summed E-state index contributed by atoms with van der Waals surface area (Å²) < 4.78 is 0. The van der Waals surface area contributed by atoms with E-state index in [4.69, 9.17) is 0 Å². The van der Waals surface area contributed by atoms with Crippen LogP contribution in [0.15, 0.2) is 36.0 Å². The molecule has 0 aliphatic carbocycles. The molecule has 2 heteroatoms. The number of rotatable bonds is 2. The van der Waals surface area contributed by atoms with Crippen molar-refractivity contribution < 1.29 is 4.80 Å². The van der Waals surface area contributed by atoms with Crippen molar-refractivity contribution in [3.63, 3.8) is 0 Å². The summed E-state index contributed by atoms with van der Waals surface area (Å²) in [6.07, 6.45) is 0. The molecule has 0 fully saturated rings. The van der Waals surface area contributed by atoms with Crippen LogP contribution in [0.5, 0.6) is 0 Å². The Kier molecular flexibility index (Phi) is 3.26. The van der Waals surface area contributed by atoms with E-state index in [2.05, 4.69) is 12.1 Å². The van der Waals surface area contributed by atoms with Crippen LogP contribution in [-0.2, 0) is 0 Å². The van der Waals surface area contributed by atoms with Crippen LogP contribution in [0.25, 0.3) is 5.57 Å². The van der Waals surface area contributed by atoms with Gasteiger partial charge < -0.3 is 4.80 Å². The van der Waals surface area contributed by atoms with Crippen LogP contribution in [0.2, 0.25) is 6.55 Å². The largest absolute Gasteiger partial charge is 0.431 e. The molecule has 0 spiro atoms. The molecule has 1 aromatic carbocycles. The summed E-state index contributed by atoms with van der Waals surface area (Å²) in [7, 11) is -1.56. The lowest BCUT2D eigenvalue weighted by atomic mass is 10.1. The molecule has 0 aliphatic rings. The van der Waals surface area contributed by atoms with Crippen molar-refractivity contribution in [2.24, 2.45) is 0 Å². The fraction of sp³-hybridized carbons (Fsp3) is 0.200. The fourth-order valence-corrected chi connectivity index (χ4v) is 2.08. The van der Waals surface area contributed by atoms with Gasteiger partial charge in [0.1, 0.15) is 0 Å². The summed E-state index contributed by atoms with van der Waals surface area (Å²) in [4.78, 5) is 9.25. The highest BCUT2D eigenvalue weighted by atomic mass is 28.3. The van der Waals surface area contributed by atoms with Crippen LogP contribution in [0.1, 0.15) is 12.5 Å². The van der Waals surface area contributed by atoms with Gasteiger partial charge in [0.25, 0.3) is 0 Å². The molecule has 12 heavy (non-hydrogen) atoms. The van der Waals surface area contributed by atoms with Crippen LogP contribution < -0.4 is 0 Å². The number of benzene rings is 1. The normalized spacial score (nSPS) is 14.4. The number of hydrogen-bond donors (Lipinski definition) is 1. The molecule has 0 radical (unpaired) electrons. The first-order valence-corrected chi connectivity index (χ1v) is 6.46. The quantitative estimate of drug-likeness (QED) is 0.687. The molecule has 0 bridgehead atoms. The highest BCUT2D eigenvalue weighted by Gasteiger charge is 1.96. The number of allylic oxidation sites excluding steroid dienone is 1. The molecular weight excluding hydrogens is 164 g/mol. The lowest BCUT2D eigenvalue weighted by Gasteiger charge is -2.01. The highest BCUT2D eigenvalue weighted by molar-refractivity contribution is 6.55. The Balaban J connectivity index is 2.85. The standard InChI is InChI=1S/C10H14OSi/c1-9(8-12(2)11)10-6-4-3-5-7-10/h3-8,11-12H,1-2H3/b9-8+. The third-order valence-corrected chi connectivity index (χ3v) is 2.70. The molecule has 64 valence electrons. The Morgan fingerprint density at radius 3 is 2.42 bits per heavy atom. The summed E-state index contributed by atoms with van der Waals surface area (Å²) in [5, 5.41) is 0. The second kappa shape index (κ2) is 4.23. The van der Waals surface area contributed by atoms with Gasteiger partial charge >= 0.3 is 0 Å². The smallest absolute Gasteiger partial charge is 0.194 e. The van der Waals surface area contributed by atoms with Gasteiger partial charge in [-0.1, -0.05) is 36.0 Å². The minimum Gasteiger partial charge on any atom is -0.431 e. The van der Waals surface area contributed by atoms with E-state index >= 15 is 0 Å². The van der Waals surface area contributed by atoms with Gasteiger partial charge in [0.15, 0.2) is 9.04 Å². The van der Waals surface area contributed by atoms with Gasteiger partial charge in [-0.15, -0.1) is 0 Å². The number of hydrogen-bond acceptors (Lipinski definition) is 1. The zero-order chi connectivity index (χ0) is 8.97. The average Bonchev–Trinajstić information content (AvgIpc) is 2.05. The van der Waals surface area contributed by atoms with E-state index in [9.17, 15) is 4.80 Å². The first kappa shape index (κ1) is 9.23. The third kappa shape index (κ3) is 2.64. The van der Waals surface area contributed by atoms with Crippen molar-refractivity contribution in [1.29, 1.82) is 0 Å². The van der Waals surface area contributed by atoms with Crippen LogP contribution in [0.4, 0.5) is 0 Å². The maximum absolute atomic E-state index is 9.25. The Hall–Kier alpha value is -0.863. The predicted octanol–water partition coefficient (Wildman–Crippen LogP) is 1.97. The molecule has 1 nitrogen and oxygen atoms in total. The van der Waals surface area contributed by atoms with E-state index < -0.39 is 9.04 Å². The van der Waals surface area contributed by atoms with Gasteiger partial charge in [-0.2, -0.15) is 0 Å². The lowest BCUT2D eigenvalue weighted by Crippen LogP contribution is -2.00. The van der Waals surface area contributed by atoms with Crippen LogP contribution in [0, 0.1) is 0 Å². The molecule has 1 rings (SSSR count). The maximum Gasteiger partial charge on any atom is 0.194 e. The molecule has 0 aromatic heterocycles. The van der Waals surface area contributed by atoms with E-state index in [0.29, 0.717) is 0 Å².